The van der Waals surface area contributed by atoms with Gasteiger partial charge < -0.3 is 0 Å². The highest BCUT2D eigenvalue weighted by Gasteiger charge is 2.25. The summed E-state index contributed by atoms with van der Waals surface area (Å²) in [6.45, 7) is 1.74. The normalized spacial score (nSPS) is 17.5. The Kier molecular flexibility index (Phi) is 3.67. The van der Waals surface area contributed by atoms with Gasteiger partial charge in [-0.05, 0) is 24.3 Å². The molecule has 1 atom stereocenters. The third-order valence-electron chi connectivity index (χ3n) is 2.79. The third kappa shape index (κ3) is 2.28. The van der Waals surface area contributed by atoms with Gasteiger partial charge in [0.15, 0.2) is 0 Å². The Hall–Kier alpha value is -1.51. The summed E-state index contributed by atoms with van der Waals surface area (Å²) in [5.41, 5.74) is 2.86. The molecule has 0 radical (unpaired) electrons. The molecule has 0 fully saturated rings. The van der Waals surface area contributed by atoms with Crippen molar-refractivity contribution < 1.29 is 4.79 Å². The Bertz CT molecular complexity index is 492. The number of allylic oxidation sites excluding steroid dienone is 1. The molecule has 1 unspecified atom stereocenters. The number of carbonyl (C=O) groups excluding carboxylic acids is 1. The average Bonchev–Trinajstić information content (AvgIpc) is 2.38. The zero-order chi connectivity index (χ0) is 12.3. The van der Waals surface area contributed by atoms with E-state index in [-0.39, 0.29) is 6.04 Å². The van der Waals surface area contributed by atoms with Gasteiger partial charge in [-0.3, -0.25) is 5.01 Å². The maximum Gasteiger partial charge on any atom is 0.147 e. The molecular formula is C13H14N2OS. The second kappa shape index (κ2) is 5.21. The minimum atomic E-state index is 0.118. The summed E-state index contributed by atoms with van der Waals surface area (Å²) in [6.07, 6.45) is 3.85. The minimum absolute atomic E-state index is 0.118. The first-order valence-electron chi connectivity index (χ1n) is 5.40. The topological polar surface area (TPSA) is 32.7 Å². The van der Waals surface area contributed by atoms with Crippen molar-refractivity contribution in [2.75, 3.05) is 12.0 Å². The molecule has 0 saturated heterocycles. The first-order chi connectivity index (χ1) is 8.27. The standard InChI is InChI=1S/C13H14N2OS/c1-10(8-16)15-13(9-17-2)12-6-4-3-5-11(12)7-14-15/h3-7,13H,9H2,1-2H3. The van der Waals surface area contributed by atoms with E-state index < -0.39 is 0 Å². The Morgan fingerprint density at radius 2 is 2.29 bits per heavy atom. The molecule has 0 aromatic heterocycles. The van der Waals surface area contributed by atoms with Gasteiger partial charge in [-0.25, -0.2) is 4.79 Å². The molecule has 0 spiro atoms. The number of hydrogen-bond donors (Lipinski definition) is 0. The van der Waals surface area contributed by atoms with Crippen LogP contribution in [0.5, 0.6) is 0 Å². The summed E-state index contributed by atoms with van der Waals surface area (Å²) in [4.78, 5) is 10.8. The van der Waals surface area contributed by atoms with Crippen LogP contribution in [0.15, 0.2) is 35.1 Å². The fourth-order valence-electron chi connectivity index (χ4n) is 1.95. The summed E-state index contributed by atoms with van der Waals surface area (Å²) < 4.78 is 0. The van der Waals surface area contributed by atoms with Crippen LogP contribution < -0.4 is 0 Å². The highest BCUT2D eigenvalue weighted by Crippen LogP contribution is 2.31. The number of benzene rings is 1. The van der Waals surface area contributed by atoms with Crippen LogP contribution in [0.1, 0.15) is 24.1 Å². The molecular weight excluding hydrogens is 232 g/mol. The van der Waals surface area contributed by atoms with Gasteiger partial charge in [-0.1, -0.05) is 24.3 Å². The van der Waals surface area contributed by atoms with Crippen molar-refractivity contribution in [1.29, 1.82) is 0 Å². The first-order valence-corrected chi connectivity index (χ1v) is 6.80. The van der Waals surface area contributed by atoms with Gasteiger partial charge in [0.05, 0.1) is 12.3 Å². The molecule has 4 heteroatoms. The summed E-state index contributed by atoms with van der Waals surface area (Å²) in [6, 6.07) is 8.27. The fourth-order valence-corrected chi connectivity index (χ4v) is 2.59. The van der Waals surface area contributed by atoms with Crippen molar-refractivity contribution in [3.05, 3.63) is 41.1 Å². The minimum Gasteiger partial charge on any atom is -0.250 e. The van der Waals surface area contributed by atoms with Crippen LogP contribution >= 0.6 is 11.8 Å². The predicted molar refractivity (Wildman–Crippen MR) is 71.9 cm³/mol. The Morgan fingerprint density at radius 3 is 3.00 bits per heavy atom. The molecule has 88 valence electrons. The highest BCUT2D eigenvalue weighted by atomic mass is 32.2. The quantitative estimate of drug-likeness (QED) is 0.768. The van der Waals surface area contributed by atoms with E-state index in [4.69, 9.17) is 0 Å². The molecule has 0 aliphatic carbocycles. The predicted octanol–water partition coefficient (Wildman–Crippen LogP) is 2.48. The average molecular weight is 246 g/mol. The van der Waals surface area contributed by atoms with Crippen molar-refractivity contribution in [3.63, 3.8) is 0 Å². The van der Waals surface area contributed by atoms with Crippen LogP contribution in [-0.2, 0) is 4.79 Å². The first kappa shape index (κ1) is 12.0. The van der Waals surface area contributed by atoms with Crippen molar-refractivity contribution >= 4 is 23.9 Å². The molecule has 1 aliphatic rings. The number of hydrogen-bond acceptors (Lipinski definition) is 4. The van der Waals surface area contributed by atoms with E-state index in [0.717, 1.165) is 11.3 Å². The molecule has 0 bridgehead atoms. The summed E-state index contributed by atoms with van der Waals surface area (Å²) in [5.74, 6) is 2.82. The van der Waals surface area contributed by atoms with Crippen LogP contribution in [0, 0.1) is 0 Å². The van der Waals surface area contributed by atoms with Gasteiger partial charge in [0.2, 0.25) is 0 Å². The largest absolute Gasteiger partial charge is 0.250 e. The van der Waals surface area contributed by atoms with Crippen LogP contribution in [0.4, 0.5) is 0 Å². The zero-order valence-electron chi connectivity index (χ0n) is 9.88. The molecule has 0 N–H and O–H groups in total. The monoisotopic (exact) mass is 246 g/mol. The molecule has 17 heavy (non-hydrogen) atoms. The van der Waals surface area contributed by atoms with Gasteiger partial charge in [-0.15, -0.1) is 0 Å². The van der Waals surface area contributed by atoms with E-state index in [1.54, 1.807) is 29.9 Å². The summed E-state index contributed by atoms with van der Waals surface area (Å²) >= 11 is 1.74. The maximum atomic E-state index is 10.8. The lowest BCUT2D eigenvalue weighted by atomic mass is 10.00. The molecule has 1 aromatic rings. The van der Waals surface area contributed by atoms with Crippen molar-refractivity contribution in [1.82, 2.24) is 5.01 Å². The number of thioether (sulfide) groups is 1. The SMILES string of the molecule is CSCC1c2ccccc2C=NN1C(C)=C=O. The van der Waals surface area contributed by atoms with E-state index >= 15 is 0 Å². The van der Waals surface area contributed by atoms with Crippen molar-refractivity contribution in [2.45, 2.75) is 13.0 Å². The lowest BCUT2D eigenvalue weighted by Gasteiger charge is -2.32. The van der Waals surface area contributed by atoms with Crippen LogP contribution in [0.2, 0.25) is 0 Å². The molecule has 0 saturated carbocycles. The Labute approximate surface area is 105 Å². The summed E-state index contributed by atoms with van der Waals surface area (Å²) in [7, 11) is 0. The van der Waals surface area contributed by atoms with Crippen molar-refractivity contribution in [3.8, 4) is 0 Å². The van der Waals surface area contributed by atoms with Gasteiger partial charge in [-0.2, -0.15) is 16.9 Å². The van der Waals surface area contributed by atoms with Crippen LogP contribution in [-0.4, -0.2) is 29.2 Å². The number of hydrazone groups is 1. The number of rotatable bonds is 3. The van der Waals surface area contributed by atoms with E-state index in [9.17, 15) is 4.79 Å². The van der Waals surface area contributed by atoms with Gasteiger partial charge in [0.25, 0.3) is 0 Å². The van der Waals surface area contributed by atoms with Crippen LogP contribution in [0.3, 0.4) is 0 Å². The van der Waals surface area contributed by atoms with E-state index in [1.165, 1.54) is 5.56 Å². The third-order valence-corrected chi connectivity index (χ3v) is 3.44. The molecule has 1 heterocycles. The highest BCUT2D eigenvalue weighted by molar-refractivity contribution is 7.98. The van der Waals surface area contributed by atoms with E-state index in [2.05, 4.69) is 17.4 Å². The smallest absolute Gasteiger partial charge is 0.147 e. The maximum absolute atomic E-state index is 10.8. The van der Waals surface area contributed by atoms with Crippen LogP contribution in [0.25, 0.3) is 0 Å². The molecule has 0 amide bonds. The second-order valence-electron chi connectivity index (χ2n) is 3.88. The number of fused-ring (bicyclic) bond motifs is 1. The fraction of sp³-hybridized carbons (Fsp3) is 0.308. The number of nitrogens with zero attached hydrogens (tertiary/aromatic N) is 2. The molecule has 3 nitrogen and oxygen atoms in total. The molecule has 1 aliphatic heterocycles. The molecule has 2 rings (SSSR count). The van der Waals surface area contributed by atoms with Crippen molar-refractivity contribution in [2.24, 2.45) is 5.10 Å². The summed E-state index contributed by atoms with van der Waals surface area (Å²) in [5, 5.41) is 6.09. The lowest BCUT2D eigenvalue weighted by molar-refractivity contribution is 0.288. The van der Waals surface area contributed by atoms with Gasteiger partial charge in [0.1, 0.15) is 11.6 Å². The Balaban J connectivity index is 2.44. The zero-order valence-corrected chi connectivity index (χ0v) is 10.7. The lowest BCUT2D eigenvalue weighted by Crippen LogP contribution is -2.28. The van der Waals surface area contributed by atoms with Gasteiger partial charge >= 0.3 is 0 Å². The molecule has 1 aromatic carbocycles. The Morgan fingerprint density at radius 1 is 1.53 bits per heavy atom. The second-order valence-corrected chi connectivity index (χ2v) is 4.79. The van der Waals surface area contributed by atoms with E-state index in [0.29, 0.717) is 5.70 Å². The van der Waals surface area contributed by atoms with E-state index in [1.807, 2.05) is 24.1 Å². The van der Waals surface area contributed by atoms with Gasteiger partial charge in [0, 0.05) is 5.75 Å².